The van der Waals surface area contributed by atoms with E-state index >= 15 is 0 Å². The number of amides is 1. The van der Waals surface area contributed by atoms with E-state index in [1.165, 1.54) is 0 Å². The lowest BCUT2D eigenvalue weighted by Gasteiger charge is -2.35. The van der Waals surface area contributed by atoms with Crippen molar-refractivity contribution in [3.05, 3.63) is 53.1 Å². The number of ether oxygens (including phenoxy) is 1. The zero-order chi connectivity index (χ0) is 21.3. The molecule has 160 valence electrons. The molecule has 0 bridgehead atoms. The second kappa shape index (κ2) is 8.26. The summed E-state index contributed by atoms with van der Waals surface area (Å²) in [7, 11) is 0. The van der Waals surface area contributed by atoms with E-state index in [2.05, 4.69) is 31.7 Å². The van der Waals surface area contributed by atoms with Gasteiger partial charge in [-0.2, -0.15) is 0 Å². The summed E-state index contributed by atoms with van der Waals surface area (Å²) in [5.74, 6) is 2.08. The maximum absolute atomic E-state index is 12.4. The number of rotatable bonds is 5. The van der Waals surface area contributed by atoms with Crippen LogP contribution in [0.5, 0.6) is 0 Å². The molecule has 3 aromatic heterocycles. The Balaban J connectivity index is 1.13. The molecule has 2 fully saturated rings. The summed E-state index contributed by atoms with van der Waals surface area (Å²) in [6.07, 6.45) is 7.09. The molecule has 1 saturated heterocycles. The first-order chi connectivity index (χ1) is 15.1. The number of carbonyl (C=O) groups is 1. The standard InChI is InChI=1S/C23H25N5O2S/c1-16-27-19(14-31-16)18-5-6-20(26-13-18)25-12-17-7-9-23(10-8-17)15-28(22(29)30-23)21-4-2-3-11-24-21/h2-6,11,13-14,17H,7-10,12,15H2,1H3,(H,25,26)/t17-,23-. The molecule has 1 saturated carbocycles. The molecule has 1 amide bonds. The summed E-state index contributed by atoms with van der Waals surface area (Å²) in [6, 6.07) is 9.66. The molecule has 1 N–H and O–H groups in total. The van der Waals surface area contributed by atoms with Crippen molar-refractivity contribution in [1.29, 1.82) is 0 Å². The number of carbonyl (C=O) groups excluding carboxylic acids is 1. The smallest absolute Gasteiger partial charge is 0.416 e. The van der Waals surface area contributed by atoms with Gasteiger partial charge in [-0.3, -0.25) is 4.90 Å². The fraction of sp³-hybridized carbons (Fsp3) is 0.391. The SMILES string of the molecule is Cc1nc(-c2ccc(NC[C@H]3CC[C@]4(CC3)CN(c3ccccn3)C(=O)O4)nc2)cs1. The average molecular weight is 436 g/mol. The van der Waals surface area contributed by atoms with Crippen LogP contribution in [0.1, 0.15) is 30.7 Å². The normalized spacial score (nSPS) is 23.2. The second-order valence-electron chi connectivity index (χ2n) is 8.33. The number of hydrogen-bond donors (Lipinski definition) is 1. The van der Waals surface area contributed by atoms with E-state index in [9.17, 15) is 4.79 Å². The fourth-order valence-corrected chi connectivity index (χ4v) is 5.00. The van der Waals surface area contributed by atoms with Crippen molar-refractivity contribution in [2.24, 2.45) is 5.92 Å². The summed E-state index contributed by atoms with van der Waals surface area (Å²) in [5.41, 5.74) is 1.64. The highest BCUT2D eigenvalue weighted by molar-refractivity contribution is 7.09. The molecule has 0 unspecified atom stereocenters. The minimum Gasteiger partial charge on any atom is -0.441 e. The summed E-state index contributed by atoms with van der Waals surface area (Å²) < 4.78 is 5.83. The van der Waals surface area contributed by atoms with Crippen LogP contribution in [0.15, 0.2) is 48.1 Å². The Morgan fingerprint density at radius 1 is 1.23 bits per heavy atom. The van der Waals surface area contributed by atoms with Crippen LogP contribution < -0.4 is 10.2 Å². The number of hydrogen-bond acceptors (Lipinski definition) is 7. The van der Waals surface area contributed by atoms with Crippen molar-refractivity contribution in [2.75, 3.05) is 23.3 Å². The lowest BCUT2D eigenvalue weighted by atomic mass is 9.78. The lowest BCUT2D eigenvalue weighted by molar-refractivity contribution is 0.0148. The lowest BCUT2D eigenvalue weighted by Crippen LogP contribution is -2.39. The van der Waals surface area contributed by atoms with Crippen molar-refractivity contribution in [1.82, 2.24) is 15.0 Å². The second-order valence-corrected chi connectivity index (χ2v) is 9.40. The van der Waals surface area contributed by atoms with E-state index in [-0.39, 0.29) is 11.7 Å². The number of pyridine rings is 2. The van der Waals surface area contributed by atoms with Gasteiger partial charge in [-0.15, -0.1) is 11.3 Å². The highest BCUT2D eigenvalue weighted by atomic mass is 32.1. The van der Waals surface area contributed by atoms with E-state index in [1.807, 2.05) is 37.4 Å². The zero-order valence-electron chi connectivity index (χ0n) is 17.5. The first-order valence-corrected chi connectivity index (χ1v) is 11.5. The van der Waals surface area contributed by atoms with Gasteiger partial charge in [-0.05, 0) is 62.8 Å². The molecule has 1 spiro atoms. The minimum absolute atomic E-state index is 0.283. The van der Waals surface area contributed by atoms with Gasteiger partial charge in [0.05, 0.1) is 17.2 Å². The van der Waals surface area contributed by atoms with E-state index < -0.39 is 0 Å². The quantitative estimate of drug-likeness (QED) is 0.614. The zero-order valence-corrected chi connectivity index (χ0v) is 18.3. The largest absolute Gasteiger partial charge is 0.441 e. The van der Waals surface area contributed by atoms with Crippen molar-refractivity contribution in [3.8, 4) is 11.3 Å². The van der Waals surface area contributed by atoms with Gasteiger partial charge in [0.1, 0.15) is 17.2 Å². The maximum Gasteiger partial charge on any atom is 0.416 e. The van der Waals surface area contributed by atoms with Crippen LogP contribution in [0.2, 0.25) is 0 Å². The molecular weight excluding hydrogens is 410 g/mol. The Kier molecular flexibility index (Phi) is 5.31. The van der Waals surface area contributed by atoms with Crippen LogP contribution in [-0.4, -0.2) is 39.7 Å². The Bertz CT molecular complexity index is 1050. The molecule has 7 nitrogen and oxygen atoms in total. The van der Waals surface area contributed by atoms with Crippen molar-refractivity contribution in [3.63, 3.8) is 0 Å². The number of aryl methyl sites for hydroxylation is 1. The van der Waals surface area contributed by atoms with Gasteiger partial charge < -0.3 is 10.1 Å². The third kappa shape index (κ3) is 4.25. The molecule has 0 radical (unpaired) electrons. The van der Waals surface area contributed by atoms with E-state index in [0.717, 1.165) is 54.3 Å². The van der Waals surface area contributed by atoms with E-state index in [4.69, 9.17) is 4.74 Å². The van der Waals surface area contributed by atoms with Crippen molar-refractivity contribution >= 4 is 29.1 Å². The topological polar surface area (TPSA) is 80.2 Å². The van der Waals surface area contributed by atoms with Crippen LogP contribution >= 0.6 is 11.3 Å². The molecule has 1 aliphatic carbocycles. The van der Waals surface area contributed by atoms with Gasteiger partial charge in [0.2, 0.25) is 0 Å². The third-order valence-electron chi connectivity index (χ3n) is 6.16. The predicted molar refractivity (Wildman–Crippen MR) is 121 cm³/mol. The number of aromatic nitrogens is 3. The highest BCUT2D eigenvalue weighted by Crippen LogP contribution is 2.40. The molecule has 3 aromatic rings. The van der Waals surface area contributed by atoms with Crippen molar-refractivity contribution < 1.29 is 9.53 Å². The molecule has 4 heterocycles. The molecule has 31 heavy (non-hydrogen) atoms. The van der Waals surface area contributed by atoms with Gasteiger partial charge in [0.25, 0.3) is 0 Å². The van der Waals surface area contributed by atoms with E-state index in [1.54, 1.807) is 22.4 Å². The highest BCUT2D eigenvalue weighted by Gasteiger charge is 2.47. The van der Waals surface area contributed by atoms with Crippen LogP contribution in [0.4, 0.5) is 16.4 Å². The molecule has 8 heteroatoms. The van der Waals surface area contributed by atoms with Gasteiger partial charge in [-0.25, -0.2) is 19.7 Å². The van der Waals surface area contributed by atoms with Crippen LogP contribution in [0, 0.1) is 12.8 Å². The molecule has 1 aliphatic heterocycles. The van der Waals surface area contributed by atoms with Gasteiger partial charge in [0, 0.05) is 29.9 Å². The van der Waals surface area contributed by atoms with Crippen LogP contribution in [0.3, 0.4) is 0 Å². The van der Waals surface area contributed by atoms with Crippen molar-refractivity contribution in [2.45, 2.75) is 38.2 Å². The number of nitrogens with one attached hydrogen (secondary N) is 1. The Labute approximate surface area is 185 Å². The summed E-state index contributed by atoms with van der Waals surface area (Å²) in [5, 5.41) is 6.58. The fourth-order valence-electron chi connectivity index (χ4n) is 4.38. The minimum atomic E-state index is -0.378. The average Bonchev–Trinajstić information content (AvgIpc) is 3.38. The maximum atomic E-state index is 12.4. The Hall–Kier alpha value is -3.00. The number of anilines is 2. The first-order valence-electron chi connectivity index (χ1n) is 10.6. The van der Waals surface area contributed by atoms with Gasteiger partial charge in [0.15, 0.2) is 0 Å². The monoisotopic (exact) mass is 435 g/mol. The molecule has 5 rings (SSSR count). The third-order valence-corrected chi connectivity index (χ3v) is 6.94. The summed E-state index contributed by atoms with van der Waals surface area (Å²) in [4.78, 5) is 27.4. The Morgan fingerprint density at radius 2 is 2.10 bits per heavy atom. The van der Waals surface area contributed by atoms with Gasteiger partial charge >= 0.3 is 6.09 Å². The molecular formula is C23H25N5O2S. The van der Waals surface area contributed by atoms with Gasteiger partial charge in [-0.1, -0.05) is 6.07 Å². The molecule has 0 aromatic carbocycles. The number of nitrogens with zero attached hydrogens (tertiary/aromatic N) is 4. The molecule has 2 aliphatic rings. The summed E-state index contributed by atoms with van der Waals surface area (Å²) >= 11 is 1.65. The predicted octanol–water partition coefficient (Wildman–Crippen LogP) is 4.91. The van der Waals surface area contributed by atoms with Crippen LogP contribution in [0.25, 0.3) is 11.3 Å². The van der Waals surface area contributed by atoms with Crippen LogP contribution in [-0.2, 0) is 4.74 Å². The van der Waals surface area contributed by atoms with E-state index in [0.29, 0.717) is 18.3 Å². The Morgan fingerprint density at radius 3 is 2.77 bits per heavy atom. The molecule has 0 atom stereocenters. The first kappa shape index (κ1) is 19.9. The summed E-state index contributed by atoms with van der Waals surface area (Å²) in [6.45, 7) is 3.46. The number of thiazole rings is 1.